The number of alkyl halides is 3. The lowest BCUT2D eigenvalue weighted by atomic mass is 10.0. The molecule has 0 aromatic heterocycles. The van der Waals surface area contributed by atoms with Crippen LogP contribution in [0.2, 0.25) is 0 Å². The summed E-state index contributed by atoms with van der Waals surface area (Å²) in [5.41, 5.74) is -2.42. The minimum absolute atomic E-state index is 0.223. The maximum absolute atomic E-state index is 12.7. The lowest BCUT2D eigenvalue weighted by Gasteiger charge is -2.20. The van der Waals surface area contributed by atoms with Crippen molar-refractivity contribution >= 4 is 12.9 Å². The highest BCUT2D eigenvalue weighted by Crippen LogP contribution is 2.49. The van der Waals surface area contributed by atoms with Gasteiger partial charge in [-0.2, -0.15) is 13.2 Å². The first-order chi connectivity index (χ1) is 7.89. The summed E-state index contributed by atoms with van der Waals surface area (Å²) < 4.78 is 49.2. The van der Waals surface area contributed by atoms with E-state index in [1.54, 1.807) is 0 Å². The Hall–Kier alpha value is -1.24. The molecule has 0 saturated carbocycles. The number of hydrogen-bond acceptors (Lipinski definition) is 3. The second-order valence-corrected chi connectivity index (χ2v) is 5.25. The zero-order valence-corrected chi connectivity index (χ0v) is 10.2. The minimum atomic E-state index is -5.39. The molecule has 18 heavy (non-hydrogen) atoms. The standard InChI is InChI=1S/C9H10F3O5P/c1-3-4(2)7(14)8(18(15,16)17)5(6(3)13)9(10,11)12/h13-14H,1-2H3,(H2,15,16,17). The van der Waals surface area contributed by atoms with Gasteiger partial charge in [0.05, 0.1) is 0 Å². The normalized spacial score (nSPS) is 12.8. The minimum Gasteiger partial charge on any atom is -0.507 e. The van der Waals surface area contributed by atoms with Gasteiger partial charge in [-0.3, -0.25) is 4.57 Å². The van der Waals surface area contributed by atoms with E-state index in [1.165, 1.54) is 0 Å². The molecule has 0 saturated heterocycles. The van der Waals surface area contributed by atoms with E-state index in [2.05, 4.69) is 0 Å². The van der Waals surface area contributed by atoms with Crippen LogP contribution in [0, 0.1) is 13.8 Å². The van der Waals surface area contributed by atoms with Crippen molar-refractivity contribution < 1.29 is 37.7 Å². The third kappa shape index (κ3) is 2.31. The van der Waals surface area contributed by atoms with Crippen LogP contribution in [0.5, 0.6) is 11.5 Å². The van der Waals surface area contributed by atoms with Crippen LogP contribution in [-0.4, -0.2) is 20.0 Å². The van der Waals surface area contributed by atoms with E-state index in [0.717, 1.165) is 13.8 Å². The van der Waals surface area contributed by atoms with Gasteiger partial charge >= 0.3 is 13.8 Å². The first-order valence-electron chi connectivity index (χ1n) is 4.57. The van der Waals surface area contributed by atoms with Crippen LogP contribution < -0.4 is 5.30 Å². The molecule has 5 nitrogen and oxygen atoms in total. The third-order valence-electron chi connectivity index (χ3n) is 2.55. The summed E-state index contributed by atoms with van der Waals surface area (Å²) in [4.78, 5) is 17.8. The number of phenolic OH excluding ortho intramolecular Hbond substituents is 2. The van der Waals surface area contributed by atoms with Gasteiger partial charge in [-0.15, -0.1) is 0 Å². The number of benzene rings is 1. The fourth-order valence-electron chi connectivity index (χ4n) is 1.50. The average Bonchev–Trinajstić information content (AvgIpc) is 2.16. The molecule has 0 aliphatic rings. The van der Waals surface area contributed by atoms with Gasteiger partial charge in [-0.25, -0.2) is 0 Å². The van der Waals surface area contributed by atoms with Gasteiger partial charge in [-0.05, 0) is 25.0 Å². The van der Waals surface area contributed by atoms with E-state index in [0.29, 0.717) is 0 Å². The molecule has 0 atom stereocenters. The molecule has 0 unspecified atom stereocenters. The van der Waals surface area contributed by atoms with E-state index < -0.39 is 36.1 Å². The van der Waals surface area contributed by atoms with Gasteiger partial charge < -0.3 is 20.0 Å². The Labute approximate surface area is 99.7 Å². The monoisotopic (exact) mass is 286 g/mol. The van der Waals surface area contributed by atoms with Crippen LogP contribution in [0.1, 0.15) is 16.7 Å². The van der Waals surface area contributed by atoms with Gasteiger partial charge in [0.15, 0.2) is 0 Å². The Morgan fingerprint density at radius 1 is 1.00 bits per heavy atom. The number of aromatic hydroxyl groups is 2. The van der Waals surface area contributed by atoms with Crippen molar-refractivity contribution in [3.63, 3.8) is 0 Å². The van der Waals surface area contributed by atoms with Crippen molar-refractivity contribution in [1.29, 1.82) is 0 Å². The van der Waals surface area contributed by atoms with Crippen LogP contribution >= 0.6 is 7.60 Å². The molecular weight excluding hydrogens is 276 g/mol. The highest BCUT2D eigenvalue weighted by Gasteiger charge is 2.44. The first kappa shape index (κ1) is 14.8. The fraction of sp³-hybridized carbons (Fsp3) is 0.333. The van der Waals surface area contributed by atoms with Crippen molar-refractivity contribution in [2.45, 2.75) is 20.0 Å². The molecule has 1 aromatic carbocycles. The van der Waals surface area contributed by atoms with Gasteiger partial charge in [0, 0.05) is 0 Å². The summed E-state index contributed by atoms with van der Waals surface area (Å²) >= 11 is 0. The zero-order valence-electron chi connectivity index (χ0n) is 9.28. The second kappa shape index (κ2) is 4.15. The summed E-state index contributed by atoms with van der Waals surface area (Å²) in [6.45, 7) is 2.24. The molecular formula is C9H10F3O5P. The predicted molar refractivity (Wildman–Crippen MR) is 55.9 cm³/mol. The molecule has 0 aliphatic carbocycles. The van der Waals surface area contributed by atoms with Crippen LogP contribution in [0.3, 0.4) is 0 Å². The van der Waals surface area contributed by atoms with Crippen molar-refractivity contribution in [3.8, 4) is 11.5 Å². The molecule has 4 N–H and O–H groups in total. The molecule has 0 radical (unpaired) electrons. The first-order valence-corrected chi connectivity index (χ1v) is 6.18. The summed E-state index contributed by atoms with van der Waals surface area (Å²) in [6, 6.07) is 0. The fourth-order valence-corrected chi connectivity index (χ4v) is 2.47. The van der Waals surface area contributed by atoms with Gasteiger partial charge in [0.25, 0.3) is 0 Å². The van der Waals surface area contributed by atoms with Gasteiger partial charge in [0.2, 0.25) is 0 Å². The zero-order chi connectivity index (χ0) is 14.5. The van der Waals surface area contributed by atoms with Crippen molar-refractivity contribution in [3.05, 3.63) is 16.7 Å². The summed E-state index contributed by atoms with van der Waals surface area (Å²) in [5, 5.41) is 17.3. The van der Waals surface area contributed by atoms with E-state index >= 15 is 0 Å². The van der Waals surface area contributed by atoms with Crippen molar-refractivity contribution in [2.24, 2.45) is 0 Å². The largest absolute Gasteiger partial charge is 0.507 e. The Morgan fingerprint density at radius 2 is 1.39 bits per heavy atom. The maximum atomic E-state index is 12.7. The molecule has 0 amide bonds. The van der Waals surface area contributed by atoms with Crippen molar-refractivity contribution in [2.75, 3.05) is 0 Å². The van der Waals surface area contributed by atoms with Crippen LogP contribution in [-0.2, 0) is 10.7 Å². The Balaban J connectivity index is 3.96. The molecule has 1 rings (SSSR count). The lowest BCUT2D eigenvalue weighted by Crippen LogP contribution is -2.22. The lowest BCUT2D eigenvalue weighted by molar-refractivity contribution is -0.138. The average molecular weight is 286 g/mol. The van der Waals surface area contributed by atoms with Crippen molar-refractivity contribution in [1.82, 2.24) is 0 Å². The smallest absolute Gasteiger partial charge is 0.421 e. The molecule has 9 heteroatoms. The highest BCUT2D eigenvalue weighted by molar-refractivity contribution is 7.60. The summed E-state index contributed by atoms with van der Waals surface area (Å²) in [7, 11) is -5.39. The quantitative estimate of drug-likeness (QED) is 0.463. The molecule has 0 spiro atoms. The Morgan fingerprint density at radius 3 is 1.72 bits per heavy atom. The van der Waals surface area contributed by atoms with E-state index in [-0.39, 0.29) is 11.1 Å². The number of hydrogen-bond donors (Lipinski definition) is 4. The Bertz CT molecular complexity index is 546. The number of halogens is 3. The van der Waals surface area contributed by atoms with Gasteiger partial charge in [-0.1, -0.05) is 0 Å². The predicted octanol–water partition coefficient (Wildman–Crippen LogP) is 1.54. The van der Waals surface area contributed by atoms with Crippen LogP contribution in [0.15, 0.2) is 0 Å². The highest BCUT2D eigenvalue weighted by atomic mass is 31.2. The van der Waals surface area contributed by atoms with E-state index in [1.807, 2.05) is 0 Å². The molecule has 102 valence electrons. The molecule has 1 aromatic rings. The van der Waals surface area contributed by atoms with Crippen LogP contribution in [0.25, 0.3) is 0 Å². The second-order valence-electron chi connectivity index (χ2n) is 3.71. The summed E-state index contributed by atoms with van der Waals surface area (Å²) in [6.07, 6.45) is -5.20. The molecule has 0 fully saturated rings. The molecule has 0 aliphatic heterocycles. The van der Waals surface area contributed by atoms with Crippen LogP contribution in [0.4, 0.5) is 13.2 Å². The summed E-state index contributed by atoms with van der Waals surface area (Å²) in [5.74, 6) is -2.46. The topological polar surface area (TPSA) is 98.0 Å². The van der Waals surface area contributed by atoms with E-state index in [9.17, 15) is 27.9 Å². The molecule has 0 bridgehead atoms. The van der Waals surface area contributed by atoms with E-state index in [4.69, 9.17) is 9.79 Å². The number of phenols is 2. The molecule has 0 heterocycles. The third-order valence-corrected chi connectivity index (χ3v) is 3.56. The number of rotatable bonds is 1. The van der Waals surface area contributed by atoms with Gasteiger partial charge in [0.1, 0.15) is 22.4 Å². The maximum Gasteiger partial charge on any atom is 0.421 e. The Kier molecular flexibility index (Phi) is 3.42. The SMILES string of the molecule is Cc1c(C)c(O)c(P(=O)(O)O)c(C(F)(F)F)c1O.